The minimum Gasteiger partial charge on any atom is -0.497 e. The molecule has 1 atom stereocenters. The molecule has 2 amide bonds. The topological polar surface area (TPSA) is 80.5 Å². The Morgan fingerprint density at radius 1 is 1.00 bits per heavy atom. The Balaban J connectivity index is 1.58. The van der Waals surface area contributed by atoms with Crippen LogP contribution in [0.4, 0.5) is 4.79 Å². The minimum atomic E-state index is -0.420. The molecule has 0 fully saturated rings. The summed E-state index contributed by atoms with van der Waals surface area (Å²) in [6, 6.07) is 24.9. The number of aromatic nitrogens is 2. The van der Waals surface area contributed by atoms with Gasteiger partial charge in [-0.25, -0.2) is 4.79 Å². The number of nitrogens with zero attached hydrogens (tertiary/aromatic N) is 3. The molecule has 4 aromatic rings. The predicted octanol–water partition coefficient (Wildman–Crippen LogP) is 5.75. The van der Waals surface area contributed by atoms with E-state index in [1.165, 1.54) is 5.56 Å². The van der Waals surface area contributed by atoms with Crippen LogP contribution in [0.5, 0.6) is 5.75 Å². The number of benzene rings is 3. The molecule has 1 aliphatic heterocycles. The van der Waals surface area contributed by atoms with Crippen LogP contribution < -0.4 is 10.1 Å². The quantitative estimate of drug-likeness (QED) is 0.391. The SMILES string of the molecule is COc1cccc(-c2noc(C3=C(C)N(Cc4ccc(C)cc4)C(=O)NC3c3ccccc3)n2)c1. The van der Waals surface area contributed by atoms with Gasteiger partial charge in [0, 0.05) is 11.3 Å². The smallest absolute Gasteiger partial charge is 0.322 e. The Hall–Kier alpha value is -4.39. The molecule has 176 valence electrons. The molecule has 1 aliphatic rings. The highest BCUT2D eigenvalue weighted by Gasteiger charge is 2.35. The fourth-order valence-electron chi connectivity index (χ4n) is 4.23. The van der Waals surface area contributed by atoms with Gasteiger partial charge in [-0.15, -0.1) is 0 Å². The van der Waals surface area contributed by atoms with Crippen molar-refractivity contribution in [3.63, 3.8) is 0 Å². The van der Waals surface area contributed by atoms with E-state index in [1.54, 1.807) is 12.0 Å². The summed E-state index contributed by atoms with van der Waals surface area (Å²) in [5, 5.41) is 7.37. The van der Waals surface area contributed by atoms with Crippen molar-refractivity contribution in [1.29, 1.82) is 0 Å². The van der Waals surface area contributed by atoms with Gasteiger partial charge in [-0.3, -0.25) is 4.90 Å². The molecular formula is C28H26N4O3. The van der Waals surface area contributed by atoms with Gasteiger partial charge in [0.05, 0.1) is 25.3 Å². The van der Waals surface area contributed by atoms with Gasteiger partial charge in [0.1, 0.15) is 5.75 Å². The summed E-state index contributed by atoms with van der Waals surface area (Å²) in [4.78, 5) is 19.7. The molecule has 2 heterocycles. The molecule has 0 aliphatic carbocycles. The monoisotopic (exact) mass is 466 g/mol. The molecule has 7 nitrogen and oxygen atoms in total. The summed E-state index contributed by atoms with van der Waals surface area (Å²) in [5.41, 5.74) is 5.46. The molecule has 1 N–H and O–H groups in total. The maximum Gasteiger partial charge on any atom is 0.322 e. The minimum absolute atomic E-state index is 0.173. The molecule has 3 aromatic carbocycles. The summed E-state index contributed by atoms with van der Waals surface area (Å²) in [5.74, 6) is 1.52. The Morgan fingerprint density at radius 2 is 1.77 bits per heavy atom. The van der Waals surface area contributed by atoms with E-state index in [9.17, 15) is 4.79 Å². The zero-order valence-corrected chi connectivity index (χ0v) is 19.9. The highest BCUT2D eigenvalue weighted by Crippen LogP contribution is 2.38. The number of ether oxygens (including phenoxy) is 1. The fraction of sp³-hybridized carbons (Fsp3) is 0.179. The maximum atomic E-state index is 13.2. The molecule has 0 saturated carbocycles. The summed E-state index contributed by atoms with van der Waals surface area (Å²) in [6.45, 7) is 4.40. The number of rotatable bonds is 6. The molecule has 5 rings (SSSR count). The van der Waals surface area contributed by atoms with Gasteiger partial charge in [0.25, 0.3) is 5.89 Å². The second-order valence-corrected chi connectivity index (χ2v) is 8.52. The van der Waals surface area contributed by atoms with E-state index in [2.05, 4.69) is 10.5 Å². The number of allylic oxidation sites excluding steroid dienone is 1. The number of methoxy groups -OCH3 is 1. The van der Waals surface area contributed by atoms with E-state index in [0.717, 1.165) is 28.0 Å². The van der Waals surface area contributed by atoms with Crippen molar-refractivity contribution in [2.24, 2.45) is 0 Å². The number of nitrogens with one attached hydrogen (secondary N) is 1. The van der Waals surface area contributed by atoms with E-state index < -0.39 is 6.04 Å². The van der Waals surface area contributed by atoms with Crippen LogP contribution in [0.15, 0.2) is 89.1 Å². The summed E-state index contributed by atoms with van der Waals surface area (Å²) in [6.07, 6.45) is 0. The maximum absolute atomic E-state index is 13.2. The van der Waals surface area contributed by atoms with E-state index in [1.807, 2.05) is 92.7 Å². The summed E-state index contributed by atoms with van der Waals surface area (Å²) < 4.78 is 11.1. The van der Waals surface area contributed by atoms with E-state index in [-0.39, 0.29) is 6.03 Å². The standard InChI is InChI=1S/C28H26N4O3/c1-18-12-14-20(15-13-18)17-32-19(2)24(25(29-28(32)33)21-8-5-4-6-9-21)27-30-26(31-35-27)22-10-7-11-23(16-22)34-3/h4-16,25H,17H2,1-3H3,(H,29,33). The lowest BCUT2D eigenvalue weighted by Gasteiger charge is -2.35. The molecule has 0 spiro atoms. The van der Waals surface area contributed by atoms with Crippen molar-refractivity contribution < 1.29 is 14.1 Å². The summed E-state index contributed by atoms with van der Waals surface area (Å²) in [7, 11) is 1.62. The molecule has 0 radical (unpaired) electrons. The van der Waals surface area contributed by atoms with Crippen molar-refractivity contribution >= 4 is 11.6 Å². The Bertz CT molecular complexity index is 1380. The average Bonchev–Trinajstić information content (AvgIpc) is 3.38. The van der Waals surface area contributed by atoms with E-state index in [0.29, 0.717) is 24.0 Å². The van der Waals surface area contributed by atoms with Crippen molar-refractivity contribution in [3.8, 4) is 17.1 Å². The zero-order chi connectivity index (χ0) is 24.4. The molecule has 1 unspecified atom stereocenters. The van der Waals surface area contributed by atoms with Crippen molar-refractivity contribution in [1.82, 2.24) is 20.4 Å². The molecule has 1 aromatic heterocycles. The normalized spacial score (nSPS) is 15.8. The van der Waals surface area contributed by atoms with Crippen LogP contribution in [0.25, 0.3) is 17.0 Å². The van der Waals surface area contributed by atoms with Gasteiger partial charge in [-0.05, 0) is 37.1 Å². The van der Waals surface area contributed by atoms with Gasteiger partial charge >= 0.3 is 6.03 Å². The third kappa shape index (κ3) is 4.53. The first-order valence-corrected chi connectivity index (χ1v) is 11.4. The Morgan fingerprint density at radius 3 is 2.51 bits per heavy atom. The number of amides is 2. The Kier molecular flexibility index (Phi) is 6.06. The van der Waals surface area contributed by atoms with Crippen LogP contribution in [-0.4, -0.2) is 28.2 Å². The number of aryl methyl sites for hydroxylation is 1. The van der Waals surface area contributed by atoms with Crippen LogP contribution in [0, 0.1) is 6.92 Å². The lowest BCUT2D eigenvalue weighted by molar-refractivity contribution is 0.203. The third-order valence-electron chi connectivity index (χ3n) is 6.17. The molecule has 7 heteroatoms. The van der Waals surface area contributed by atoms with Crippen LogP contribution in [0.3, 0.4) is 0 Å². The number of hydrogen-bond donors (Lipinski definition) is 1. The number of hydrogen-bond acceptors (Lipinski definition) is 5. The van der Waals surface area contributed by atoms with Crippen molar-refractivity contribution in [3.05, 3.63) is 107 Å². The first-order chi connectivity index (χ1) is 17.0. The molecule has 0 saturated heterocycles. The molecular weight excluding hydrogens is 440 g/mol. The Labute approximate surface area is 204 Å². The van der Waals surface area contributed by atoms with Crippen LogP contribution in [0.1, 0.15) is 35.5 Å². The lowest BCUT2D eigenvalue weighted by Crippen LogP contribution is -2.45. The van der Waals surface area contributed by atoms with Gasteiger partial charge < -0.3 is 14.6 Å². The van der Waals surface area contributed by atoms with E-state index in [4.69, 9.17) is 14.2 Å². The van der Waals surface area contributed by atoms with Gasteiger partial charge in [-0.2, -0.15) is 4.98 Å². The first kappa shape index (κ1) is 22.4. The number of carbonyl (C=O) groups excluding carboxylic acids is 1. The lowest BCUT2D eigenvalue weighted by atomic mass is 9.94. The van der Waals surface area contributed by atoms with Crippen LogP contribution in [-0.2, 0) is 6.54 Å². The number of carbonyl (C=O) groups is 1. The largest absolute Gasteiger partial charge is 0.497 e. The van der Waals surface area contributed by atoms with E-state index >= 15 is 0 Å². The first-order valence-electron chi connectivity index (χ1n) is 11.4. The predicted molar refractivity (Wildman–Crippen MR) is 133 cm³/mol. The van der Waals surface area contributed by atoms with Gasteiger partial charge in [-0.1, -0.05) is 77.5 Å². The summed E-state index contributed by atoms with van der Waals surface area (Å²) >= 11 is 0. The zero-order valence-electron chi connectivity index (χ0n) is 19.9. The molecule has 35 heavy (non-hydrogen) atoms. The third-order valence-corrected chi connectivity index (χ3v) is 6.17. The highest BCUT2D eigenvalue weighted by atomic mass is 16.5. The van der Waals surface area contributed by atoms with Crippen LogP contribution in [0.2, 0.25) is 0 Å². The van der Waals surface area contributed by atoms with Crippen LogP contribution >= 0.6 is 0 Å². The van der Waals surface area contributed by atoms with Crippen molar-refractivity contribution in [2.75, 3.05) is 7.11 Å². The highest BCUT2D eigenvalue weighted by molar-refractivity contribution is 5.86. The average molecular weight is 467 g/mol. The van der Waals surface area contributed by atoms with Crippen molar-refractivity contribution in [2.45, 2.75) is 26.4 Å². The number of urea groups is 1. The van der Waals surface area contributed by atoms with Gasteiger partial charge in [0.2, 0.25) is 5.82 Å². The van der Waals surface area contributed by atoms with Gasteiger partial charge in [0.15, 0.2) is 0 Å². The second kappa shape index (κ2) is 9.46. The molecule has 0 bridgehead atoms. The second-order valence-electron chi connectivity index (χ2n) is 8.52. The fourth-order valence-corrected chi connectivity index (χ4v) is 4.23.